The second-order valence-corrected chi connectivity index (χ2v) is 7.12. The molecule has 0 atom stereocenters. The first-order chi connectivity index (χ1) is 9.70. The van der Waals surface area contributed by atoms with E-state index in [0.29, 0.717) is 5.54 Å². The summed E-state index contributed by atoms with van der Waals surface area (Å²) in [4.78, 5) is 7.46. The van der Waals surface area contributed by atoms with Crippen LogP contribution in [0.4, 0.5) is 0 Å². The molecule has 1 aromatic heterocycles. The summed E-state index contributed by atoms with van der Waals surface area (Å²) in [6, 6.07) is 0. The van der Waals surface area contributed by atoms with Gasteiger partial charge in [0, 0.05) is 43.2 Å². The Hall–Kier alpha value is -0.870. The predicted molar refractivity (Wildman–Crippen MR) is 79.9 cm³/mol. The van der Waals surface area contributed by atoms with Crippen LogP contribution in [0.5, 0.6) is 0 Å². The average Bonchev–Trinajstić information content (AvgIpc) is 3.16. The number of hydrogen-bond donors (Lipinski definition) is 1. The summed E-state index contributed by atoms with van der Waals surface area (Å²) in [5, 5.41) is 3.47. The second kappa shape index (κ2) is 4.57. The molecule has 1 aromatic rings. The van der Waals surface area contributed by atoms with Gasteiger partial charge in [-0.3, -0.25) is 0 Å². The molecule has 0 aromatic carbocycles. The maximum atomic E-state index is 5.00. The minimum atomic E-state index is 0.392. The first kappa shape index (κ1) is 12.8. The fourth-order valence-electron chi connectivity index (χ4n) is 3.85. The highest BCUT2D eigenvalue weighted by Crippen LogP contribution is 2.43. The Morgan fingerprint density at radius 2 is 2.15 bits per heavy atom. The smallest absolute Gasteiger partial charge is 0.112 e. The quantitative estimate of drug-likeness (QED) is 0.910. The topological polar surface area (TPSA) is 33.1 Å². The zero-order chi connectivity index (χ0) is 13.7. The first-order valence-electron chi connectivity index (χ1n) is 8.16. The summed E-state index contributed by atoms with van der Waals surface area (Å²) in [5.41, 5.74) is 3.24. The van der Waals surface area contributed by atoms with Crippen LogP contribution in [0.3, 0.4) is 0 Å². The maximum Gasteiger partial charge on any atom is 0.112 e. The van der Waals surface area contributed by atoms with Gasteiger partial charge in [-0.1, -0.05) is 0 Å². The van der Waals surface area contributed by atoms with Crippen LogP contribution in [-0.2, 0) is 19.5 Å². The first-order valence-corrected chi connectivity index (χ1v) is 8.16. The van der Waals surface area contributed by atoms with E-state index < -0.39 is 0 Å². The lowest BCUT2D eigenvalue weighted by Crippen LogP contribution is -2.53. The number of fused-ring (bicyclic) bond motifs is 1. The molecule has 2 heterocycles. The van der Waals surface area contributed by atoms with Crippen molar-refractivity contribution in [3.8, 4) is 0 Å². The summed E-state index contributed by atoms with van der Waals surface area (Å²) in [6.45, 7) is 3.24. The lowest BCUT2D eigenvalue weighted by Gasteiger charge is -2.48. The average molecular weight is 274 g/mol. The molecule has 2 fully saturated rings. The van der Waals surface area contributed by atoms with Crippen molar-refractivity contribution < 1.29 is 0 Å². The van der Waals surface area contributed by atoms with Crippen molar-refractivity contribution in [2.24, 2.45) is 0 Å². The molecule has 0 spiro atoms. The Kier molecular flexibility index (Phi) is 2.93. The van der Waals surface area contributed by atoms with E-state index in [1.54, 1.807) is 0 Å². The highest BCUT2D eigenvalue weighted by molar-refractivity contribution is 5.25. The molecule has 0 radical (unpaired) electrons. The molecule has 0 saturated heterocycles. The molecule has 1 N–H and O–H groups in total. The lowest BCUT2D eigenvalue weighted by molar-refractivity contribution is 0.0408. The summed E-state index contributed by atoms with van der Waals surface area (Å²) >= 11 is 0. The summed E-state index contributed by atoms with van der Waals surface area (Å²) in [6.07, 6.45) is 7.91. The molecule has 2 aliphatic carbocycles. The van der Waals surface area contributed by atoms with Crippen LogP contribution in [-0.4, -0.2) is 40.6 Å². The molecule has 0 bridgehead atoms. The van der Waals surface area contributed by atoms with Gasteiger partial charge in [-0.15, -0.1) is 0 Å². The van der Waals surface area contributed by atoms with Gasteiger partial charge in [-0.05, 0) is 46.2 Å². The number of rotatable bonds is 4. The zero-order valence-corrected chi connectivity index (χ0v) is 12.8. The maximum absolute atomic E-state index is 5.00. The monoisotopic (exact) mass is 274 g/mol. The van der Waals surface area contributed by atoms with Crippen molar-refractivity contribution in [1.29, 1.82) is 0 Å². The van der Waals surface area contributed by atoms with Crippen LogP contribution in [0.2, 0.25) is 0 Å². The molecule has 20 heavy (non-hydrogen) atoms. The van der Waals surface area contributed by atoms with E-state index >= 15 is 0 Å². The lowest BCUT2D eigenvalue weighted by atomic mass is 9.75. The Morgan fingerprint density at radius 1 is 1.35 bits per heavy atom. The minimum absolute atomic E-state index is 0.392. The number of aromatic nitrogens is 2. The number of hydrogen-bond acceptors (Lipinski definition) is 3. The van der Waals surface area contributed by atoms with Gasteiger partial charge in [-0.25, -0.2) is 4.98 Å². The highest BCUT2D eigenvalue weighted by atomic mass is 15.2. The van der Waals surface area contributed by atoms with E-state index in [-0.39, 0.29) is 0 Å². The Labute approximate surface area is 121 Å². The normalized spacial score (nSPS) is 24.6. The van der Waals surface area contributed by atoms with Crippen molar-refractivity contribution in [3.63, 3.8) is 0 Å². The highest BCUT2D eigenvalue weighted by Gasteiger charge is 2.42. The van der Waals surface area contributed by atoms with Gasteiger partial charge in [-0.2, -0.15) is 0 Å². The van der Waals surface area contributed by atoms with Crippen LogP contribution in [0, 0.1) is 0 Å². The van der Waals surface area contributed by atoms with E-state index in [4.69, 9.17) is 4.98 Å². The third-order valence-corrected chi connectivity index (χ3v) is 5.64. The van der Waals surface area contributed by atoms with Crippen molar-refractivity contribution in [2.75, 3.05) is 20.6 Å². The van der Waals surface area contributed by atoms with Gasteiger partial charge >= 0.3 is 0 Å². The molecular formula is C16H26N4. The third kappa shape index (κ3) is 1.92. The van der Waals surface area contributed by atoms with E-state index in [2.05, 4.69) is 28.9 Å². The van der Waals surface area contributed by atoms with E-state index in [9.17, 15) is 0 Å². The van der Waals surface area contributed by atoms with Crippen LogP contribution < -0.4 is 5.32 Å². The molecule has 0 amide bonds. The van der Waals surface area contributed by atoms with Gasteiger partial charge in [0.1, 0.15) is 5.82 Å². The molecular weight excluding hydrogens is 248 g/mol. The molecule has 110 valence electrons. The van der Waals surface area contributed by atoms with Gasteiger partial charge in [0.15, 0.2) is 0 Å². The number of likely N-dealkylation sites (N-methyl/N-ethyl adjacent to an activating group) is 1. The van der Waals surface area contributed by atoms with Crippen LogP contribution in [0.25, 0.3) is 0 Å². The molecule has 0 unspecified atom stereocenters. The van der Waals surface area contributed by atoms with Gasteiger partial charge in [0.25, 0.3) is 0 Å². The van der Waals surface area contributed by atoms with Crippen LogP contribution in [0.15, 0.2) is 0 Å². The standard InChI is InChI=1S/C16H26N4/c1-19(2)16(7-3-8-16)11-20-14-6-9-17-10-13(14)18-15(20)12-4-5-12/h12,17H,3-11H2,1-2H3. The minimum Gasteiger partial charge on any atom is -0.330 e. The summed E-state index contributed by atoms with van der Waals surface area (Å²) in [5.74, 6) is 2.15. The van der Waals surface area contributed by atoms with E-state index in [0.717, 1.165) is 32.0 Å². The molecule has 3 aliphatic rings. The van der Waals surface area contributed by atoms with Crippen LogP contribution in [0.1, 0.15) is 55.2 Å². The molecule has 2 saturated carbocycles. The molecule has 4 heteroatoms. The number of nitrogens with one attached hydrogen (secondary N) is 1. The second-order valence-electron chi connectivity index (χ2n) is 7.12. The fourth-order valence-corrected chi connectivity index (χ4v) is 3.85. The Bertz CT molecular complexity index is 509. The van der Waals surface area contributed by atoms with Crippen molar-refractivity contribution in [3.05, 3.63) is 17.2 Å². The Balaban J connectivity index is 1.70. The van der Waals surface area contributed by atoms with Crippen molar-refractivity contribution in [2.45, 2.75) is 63.1 Å². The van der Waals surface area contributed by atoms with Crippen molar-refractivity contribution >= 4 is 0 Å². The zero-order valence-electron chi connectivity index (χ0n) is 12.8. The largest absolute Gasteiger partial charge is 0.330 e. The third-order valence-electron chi connectivity index (χ3n) is 5.64. The van der Waals surface area contributed by atoms with Gasteiger partial charge in [0.2, 0.25) is 0 Å². The Morgan fingerprint density at radius 3 is 2.75 bits per heavy atom. The molecule has 1 aliphatic heterocycles. The van der Waals surface area contributed by atoms with Crippen molar-refractivity contribution in [1.82, 2.24) is 19.8 Å². The molecule has 4 rings (SSSR count). The fraction of sp³-hybridized carbons (Fsp3) is 0.812. The van der Waals surface area contributed by atoms with Gasteiger partial charge in [0.05, 0.1) is 5.69 Å². The summed E-state index contributed by atoms with van der Waals surface area (Å²) in [7, 11) is 4.50. The SMILES string of the molecule is CN(C)C1(Cn2c(C3CC3)nc3c2CCNC3)CCC1. The number of imidazole rings is 1. The molecule has 4 nitrogen and oxygen atoms in total. The number of nitrogens with zero attached hydrogens (tertiary/aromatic N) is 3. The summed E-state index contributed by atoms with van der Waals surface area (Å²) < 4.78 is 2.62. The van der Waals surface area contributed by atoms with E-state index in [1.165, 1.54) is 49.3 Å². The predicted octanol–water partition coefficient (Wildman–Crippen LogP) is 1.89. The van der Waals surface area contributed by atoms with E-state index in [1.807, 2.05) is 0 Å². The van der Waals surface area contributed by atoms with Crippen LogP contribution >= 0.6 is 0 Å². The van der Waals surface area contributed by atoms with Gasteiger partial charge < -0.3 is 14.8 Å².